The van der Waals surface area contributed by atoms with Gasteiger partial charge in [0.2, 0.25) is 0 Å². The van der Waals surface area contributed by atoms with Gasteiger partial charge in [-0.2, -0.15) is 13.2 Å². The molecule has 2 aromatic heterocycles. The van der Waals surface area contributed by atoms with Crippen molar-refractivity contribution < 1.29 is 23.4 Å². The molecule has 1 aromatic carbocycles. The molecule has 30 heavy (non-hydrogen) atoms. The van der Waals surface area contributed by atoms with Crippen LogP contribution in [-0.2, 0) is 6.18 Å². The summed E-state index contributed by atoms with van der Waals surface area (Å²) < 4.78 is 41.2. The summed E-state index contributed by atoms with van der Waals surface area (Å²) in [5.41, 5.74) is 1.43. The third kappa shape index (κ3) is 3.03. The molecule has 0 radical (unpaired) electrons. The fourth-order valence-electron chi connectivity index (χ4n) is 4.51. The molecule has 3 aromatic rings. The second-order valence-corrected chi connectivity index (χ2v) is 8.80. The van der Waals surface area contributed by atoms with Gasteiger partial charge in [-0.25, -0.2) is 4.98 Å². The summed E-state index contributed by atoms with van der Waals surface area (Å²) >= 11 is 0. The molecule has 6 nitrogen and oxygen atoms in total. The largest absolute Gasteiger partial charge is 0.507 e. The third-order valence-electron chi connectivity index (χ3n) is 6.13. The van der Waals surface area contributed by atoms with Crippen molar-refractivity contribution in [3.05, 3.63) is 35.2 Å². The predicted octanol–water partition coefficient (Wildman–Crippen LogP) is 4.49. The van der Waals surface area contributed by atoms with Gasteiger partial charge in [0.25, 0.3) is 0 Å². The second kappa shape index (κ2) is 6.16. The molecule has 0 amide bonds. The number of nitrogens with zero attached hydrogens (tertiary/aromatic N) is 4. The summed E-state index contributed by atoms with van der Waals surface area (Å²) in [7, 11) is 0. The number of rotatable bonds is 3. The number of benzene rings is 1. The van der Waals surface area contributed by atoms with Gasteiger partial charge in [-0.15, -0.1) is 10.2 Å². The zero-order valence-electron chi connectivity index (χ0n) is 16.5. The molecular formula is C21H21F3N4O2. The van der Waals surface area contributed by atoms with Crippen LogP contribution in [0.4, 0.5) is 13.2 Å². The van der Waals surface area contributed by atoms with Crippen LogP contribution in [0.5, 0.6) is 5.75 Å². The van der Waals surface area contributed by atoms with Crippen molar-refractivity contribution in [1.82, 2.24) is 19.7 Å². The van der Waals surface area contributed by atoms with Gasteiger partial charge in [0.05, 0.1) is 17.5 Å². The molecule has 2 aliphatic carbocycles. The lowest BCUT2D eigenvalue weighted by molar-refractivity contribution is -0.137. The smallest absolute Gasteiger partial charge is 0.416 e. The fourth-order valence-corrected chi connectivity index (χ4v) is 4.51. The zero-order valence-corrected chi connectivity index (χ0v) is 16.5. The number of aryl methyl sites for hydroxylation is 1. The standard InChI is InChI=1S/C21H21F3N4O2/c1-10-5-12(21(22,23)24)6-14(29)15(10)17-16(11-3-4-11)18-19(27-26-17)28(9-25-18)13-7-20(2,30)8-13/h5-6,9,11,13,29-30H,3-4,7-8H2,1-2H3. The Morgan fingerprint density at radius 3 is 2.43 bits per heavy atom. The van der Waals surface area contributed by atoms with E-state index in [4.69, 9.17) is 0 Å². The molecule has 5 rings (SSSR count). The highest BCUT2D eigenvalue weighted by molar-refractivity contribution is 5.86. The Morgan fingerprint density at radius 1 is 1.17 bits per heavy atom. The van der Waals surface area contributed by atoms with E-state index in [1.807, 2.05) is 4.57 Å². The van der Waals surface area contributed by atoms with E-state index in [1.165, 1.54) is 6.92 Å². The molecule has 2 heterocycles. The molecular weight excluding hydrogens is 397 g/mol. The first-order valence-electron chi connectivity index (χ1n) is 9.92. The average molecular weight is 418 g/mol. The van der Waals surface area contributed by atoms with Crippen molar-refractivity contribution in [2.75, 3.05) is 0 Å². The molecule has 0 bridgehead atoms. The Morgan fingerprint density at radius 2 is 1.87 bits per heavy atom. The van der Waals surface area contributed by atoms with Crippen LogP contribution >= 0.6 is 0 Å². The van der Waals surface area contributed by atoms with Crippen molar-refractivity contribution >= 4 is 11.2 Å². The molecule has 158 valence electrons. The van der Waals surface area contributed by atoms with Crippen LogP contribution < -0.4 is 0 Å². The number of hydrogen-bond acceptors (Lipinski definition) is 5. The first kappa shape index (κ1) is 19.3. The number of fused-ring (bicyclic) bond motifs is 1. The number of phenols is 1. The van der Waals surface area contributed by atoms with E-state index >= 15 is 0 Å². The summed E-state index contributed by atoms with van der Waals surface area (Å²) in [4.78, 5) is 4.55. The highest BCUT2D eigenvalue weighted by Crippen LogP contribution is 2.49. The molecule has 0 unspecified atom stereocenters. The quantitative estimate of drug-likeness (QED) is 0.655. The van der Waals surface area contributed by atoms with Crippen molar-refractivity contribution in [3.63, 3.8) is 0 Å². The number of aromatic nitrogens is 4. The Kier molecular flexibility index (Phi) is 3.96. The fraction of sp³-hybridized carbons (Fsp3) is 0.476. The summed E-state index contributed by atoms with van der Waals surface area (Å²) in [5.74, 6) is -0.278. The van der Waals surface area contributed by atoms with Crippen LogP contribution in [0.2, 0.25) is 0 Å². The van der Waals surface area contributed by atoms with Gasteiger partial charge in [0.1, 0.15) is 17.0 Å². The number of aromatic hydroxyl groups is 1. The van der Waals surface area contributed by atoms with Crippen LogP contribution in [0.3, 0.4) is 0 Å². The predicted molar refractivity (Wildman–Crippen MR) is 103 cm³/mol. The SMILES string of the molecule is Cc1cc(C(F)(F)F)cc(O)c1-c1nnc2c(ncn2C2CC(C)(O)C2)c1C1CC1. The van der Waals surface area contributed by atoms with Gasteiger partial charge in [-0.05, 0) is 63.1 Å². The summed E-state index contributed by atoms with van der Waals surface area (Å²) in [6.45, 7) is 3.32. The molecule has 0 spiro atoms. The van der Waals surface area contributed by atoms with E-state index in [9.17, 15) is 23.4 Å². The monoisotopic (exact) mass is 418 g/mol. The van der Waals surface area contributed by atoms with E-state index in [-0.39, 0.29) is 23.1 Å². The first-order valence-corrected chi connectivity index (χ1v) is 9.92. The number of imidazole rings is 1. The number of halogens is 3. The van der Waals surface area contributed by atoms with Gasteiger partial charge in [0, 0.05) is 17.2 Å². The highest BCUT2D eigenvalue weighted by atomic mass is 19.4. The molecule has 0 atom stereocenters. The Hall–Kier alpha value is -2.68. The van der Waals surface area contributed by atoms with Gasteiger partial charge in [0.15, 0.2) is 5.65 Å². The van der Waals surface area contributed by atoms with E-state index in [0.29, 0.717) is 29.7 Å². The van der Waals surface area contributed by atoms with Crippen LogP contribution in [0, 0.1) is 6.92 Å². The lowest BCUT2D eigenvalue weighted by Crippen LogP contribution is -2.41. The number of phenolic OH excluding ortho intramolecular Hbond substituents is 1. The van der Waals surface area contributed by atoms with Crippen molar-refractivity contribution in [3.8, 4) is 17.0 Å². The summed E-state index contributed by atoms with van der Waals surface area (Å²) in [6, 6.07) is 1.84. The zero-order chi connectivity index (χ0) is 21.4. The normalized spacial score (nSPS) is 24.3. The number of alkyl halides is 3. The van der Waals surface area contributed by atoms with Crippen molar-refractivity contribution in [2.45, 2.75) is 63.3 Å². The molecule has 9 heteroatoms. The minimum absolute atomic E-state index is 0.0819. The Bertz CT molecular complexity index is 1130. The van der Waals surface area contributed by atoms with Crippen LogP contribution in [-0.4, -0.2) is 35.6 Å². The number of aliphatic hydroxyl groups is 1. The molecule has 2 fully saturated rings. The van der Waals surface area contributed by atoms with E-state index in [1.54, 1.807) is 13.3 Å². The van der Waals surface area contributed by atoms with E-state index in [2.05, 4.69) is 15.2 Å². The number of hydrogen-bond donors (Lipinski definition) is 2. The topological polar surface area (TPSA) is 84.1 Å². The van der Waals surface area contributed by atoms with Crippen LogP contribution in [0.15, 0.2) is 18.5 Å². The lowest BCUT2D eigenvalue weighted by atomic mass is 9.77. The van der Waals surface area contributed by atoms with Crippen LogP contribution in [0.25, 0.3) is 22.4 Å². The summed E-state index contributed by atoms with van der Waals surface area (Å²) in [6.07, 6.45) is 0.199. The van der Waals surface area contributed by atoms with Crippen molar-refractivity contribution in [2.24, 2.45) is 0 Å². The lowest BCUT2D eigenvalue weighted by Gasteiger charge is -2.41. The minimum atomic E-state index is -4.54. The average Bonchev–Trinajstić information content (AvgIpc) is 3.36. The van der Waals surface area contributed by atoms with Gasteiger partial charge in [-0.3, -0.25) is 0 Å². The van der Waals surface area contributed by atoms with E-state index in [0.717, 1.165) is 30.5 Å². The van der Waals surface area contributed by atoms with Gasteiger partial charge in [-0.1, -0.05) is 0 Å². The molecule has 2 N–H and O–H groups in total. The Labute approximate surface area is 170 Å². The van der Waals surface area contributed by atoms with Gasteiger partial charge < -0.3 is 14.8 Å². The molecule has 0 saturated heterocycles. The van der Waals surface area contributed by atoms with Crippen molar-refractivity contribution in [1.29, 1.82) is 0 Å². The minimum Gasteiger partial charge on any atom is -0.507 e. The maximum atomic E-state index is 13.1. The van der Waals surface area contributed by atoms with E-state index < -0.39 is 23.1 Å². The molecule has 2 aliphatic rings. The Balaban J connectivity index is 1.65. The van der Waals surface area contributed by atoms with Gasteiger partial charge >= 0.3 is 6.18 Å². The highest BCUT2D eigenvalue weighted by Gasteiger charge is 2.41. The maximum absolute atomic E-state index is 13.1. The molecule has 0 aliphatic heterocycles. The molecule has 2 saturated carbocycles. The third-order valence-corrected chi connectivity index (χ3v) is 6.13. The first-order chi connectivity index (χ1) is 14.0. The van der Waals surface area contributed by atoms with Crippen LogP contribution in [0.1, 0.15) is 61.3 Å². The maximum Gasteiger partial charge on any atom is 0.416 e. The second-order valence-electron chi connectivity index (χ2n) is 8.80. The summed E-state index contributed by atoms with van der Waals surface area (Å²) in [5, 5.41) is 29.2.